The van der Waals surface area contributed by atoms with E-state index in [0.717, 1.165) is 16.7 Å². The highest BCUT2D eigenvalue weighted by Gasteiger charge is 2.15. The number of anilines is 1. The molecule has 0 aliphatic rings. The van der Waals surface area contributed by atoms with Crippen LogP contribution in [0.15, 0.2) is 42.5 Å². The molecule has 0 aromatic heterocycles. The molecule has 5 nitrogen and oxygen atoms in total. The molecule has 0 radical (unpaired) electrons. The molecule has 2 aromatic carbocycles. The smallest absolute Gasteiger partial charge is 0.313 e. The lowest BCUT2D eigenvalue weighted by molar-refractivity contribution is -0.136. The van der Waals surface area contributed by atoms with Gasteiger partial charge in [0.25, 0.3) is 0 Å². The minimum Gasteiger partial charge on any atom is -0.508 e. The average Bonchev–Trinajstić information content (AvgIpc) is 2.52. The minimum absolute atomic E-state index is 0.200. The van der Waals surface area contributed by atoms with E-state index in [1.54, 1.807) is 24.3 Å². The first-order valence-electron chi connectivity index (χ1n) is 7.40. The summed E-state index contributed by atoms with van der Waals surface area (Å²) in [4.78, 5) is 23.8. The van der Waals surface area contributed by atoms with E-state index in [1.165, 1.54) is 0 Å². The van der Waals surface area contributed by atoms with Gasteiger partial charge in [-0.3, -0.25) is 9.59 Å². The highest BCUT2D eigenvalue weighted by atomic mass is 16.3. The van der Waals surface area contributed by atoms with Crippen molar-refractivity contribution in [2.24, 2.45) is 0 Å². The van der Waals surface area contributed by atoms with Gasteiger partial charge in [0.2, 0.25) is 0 Å². The van der Waals surface area contributed by atoms with Crippen molar-refractivity contribution in [3.63, 3.8) is 0 Å². The summed E-state index contributed by atoms with van der Waals surface area (Å²) in [6.07, 6.45) is 0.586. The van der Waals surface area contributed by atoms with Crippen LogP contribution in [0.1, 0.15) is 16.7 Å². The highest BCUT2D eigenvalue weighted by molar-refractivity contribution is 6.39. The zero-order valence-electron chi connectivity index (χ0n) is 13.2. The van der Waals surface area contributed by atoms with E-state index in [0.29, 0.717) is 18.7 Å². The lowest BCUT2D eigenvalue weighted by atomic mass is 10.1. The van der Waals surface area contributed by atoms with Crippen molar-refractivity contribution in [2.75, 3.05) is 11.9 Å². The standard InChI is InChI=1S/C18H20N2O3/c1-12-4-3-5-13(2)16(12)20-18(23)17(22)19-11-10-14-6-8-15(21)9-7-14/h3-9,21H,10-11H2,1-2H3,(H,19,22)(H,20,23). The van der Waals surface area contributed by atoms with Crippen LogP contribution in [0.2, 0.25) is 0 Å². The van der Waals surface area contributed by atoms with Gasteiger partial charge in [0.15, 0.2) is 0 Å². The summed E-state index contributed by atoms with van der Waals surface area (Å²) in [6, 6.07) is 12.4. The van der Waals surface area contributed by atoms with Crippen LogP contribution in [0.3, 0.4) is 0 Å². The Morgan fingerprint density at radius 3 is 2.17 bits per heavy atom. The molecule has 0 aliphatic carbocycles. The molecule has 0 bridgehead atoms. The molecular weight excluding hydrogens is 292 g/mol. The molecule has 0 unspecified atom stereocenters. The van der Waals surface area contributed by atoms with Crippen LogP contribution in [0.25, 0.3) is 0 Å². The van der Waals surface area contributed by atoms with Gasteiger partial charge in [-0.15, -0.1) is 0 Å². The summed E-state index contributed by atoms with van der Waals surface area (Å²) < 4.78 is 0. The maximum Gasteiger partial charge on any atom is 0.313 e. The highest BCUT2D eigenvalue weighted by Crippen LogP contribution is 2.19. The van der Waals surface area contributed by atoms with Gasteiger partial charge in [0, 0.05) is 12.2 Å². The molecule has 2 rings (SSSR count). The molecule has 2 amide bonds. The van der Waals surface area contributed by atoms with Crippen molar-refractivity contribution < 1.29 is 14.7 Å². The molecule has 5 heteroatoms. The quantitative estimate of drug-likeness (QED) is 0.758. The third-order valence-electron chi connectivity index (χ3n) is 3.56. The van der Waals surface area contributed by atoms with Crippen LogP contribution in [0.5, 0.6) is 5.75 Å². The first kappa shape index (κ1) is 16.5. The van der Waals surface area contributed by atoms with Crippen LogP contribution in [0.4, 0.5) is 5.69 Å². The first-order valence-corrected chi connectivity index (χ1v) is 7.40. The van der Waals surface area contributed by atoms with Crippen molar-refractivity contribution >= 4 is 17.5 Å². The maximum absolute atomic E-state index is 11.9. The largest absolute Gasteiger partial charge is 0.508 e. The number of carbonyl (C=O) groups excluding carboxylic acids is 2. The lowest BCUT2D eigenvalue weighted by Crippen LogP contribution is -2.36. The number of benzene rings is 2. The van der Waals surface area contributed by atoms with Crippen molar-refractivity contribution in [1.82, 2.24) is 5.32 Å². The topological polar surface area (TPSA) is 78.4 Å². The number of para-hydroxylation sites is 1. The SMILES string of the molecule is Cc1cccc(C)c1NC(=O)C(=O)NCCc1ccc(O)cc1. The van der Waals surface area contributed by atoms with E-state index in [1.807, 2.05) is 32.0 Å². The van der Waals surface area contributed by atoms with E-state index in [-0.39, 0.29) is 5.75 Å². The molecule has 0 heterocycles. The van der Waals surface area contributed by atoms with Crippen molar-refractivity contribution in [3.05, 3.63) is 59.2 Å². The van der Waals surface area contributed by atoms with E-state index in [4.69, 9.17) is 0 Å². The summed E-state index contributed by atoms with van der Waals surface area (Å²) in [5, 5.41) is 14.4. The van der Waals surface area contributed by atoms with Crippen LogP contribution in [-0.2, 0) is 16.0 Å². The third-order valence-corrected chi connectivity index (χ3v) is 3.56. The van der Waals surface area contributed by atoms with E-state index < -0.39 is 11.8 Å². The fourth-order valence-corrected chi connectivity index (χ4v) is 2.25. The molecule has 0 spiro atoms. The zero-order chi connectivity index (χ0) is 16.8. The normalized spacial score (nSPS) is 10.2. The van der Waals surface area contributed by atoms with Crippen LogP contribution < -0.4 is 10.6 Å². The van der Waals surface area contributed by atoms with Crippen molar-refractivity contribution in [3.8, 4) is 5.75 Å². The summed E-state index contributed by atoms with van der Waals surface area (Å²) in [5.41, 5.74) is 3.47. The van der Waals surface area contributed by atoms with Gasteiger partial charge >= 0.3 is 11.8 Å². The molecule has 0 saturated carbocycles. The Hall–Kier alpha value is -2.82. The minimum atomic E-state index is -0.673. The second-order valence-electron chi connectivity index (χ2n) is 5.39. The molecule has 120 valence electrons. The Morgan fingerprint density at radius 2 is 1.57 bits per heavy atom. The summed E-state index contributed by atoms with van der Waals surface area (Å²) in [5.74, 6) is -1.13. The predicted octanol–water partition coefficient (Wildman–Crippen LogP) is 2.31. The Labute approximate surface area is 135 Å². The molecule has 0 saturated heterocycles. The molecule has 0 fully saturated rings. The number of phenols is 1. The first-order chi connectivity index (χ1) is 11.0. The van der Waals surface area contributed by atoms with Gasteiger partial charge in [-0.1, -0.05) is 30.3 Å². The number of aromatic hydroxyl groups is 1. The molecule has 0 aliphatic heterocycles. The molecule has 2 aromatic rings. The Morgan fingerprint density at radius 1 is 0.957 bits per heavy atom. The third kappa shape index (κ3) is 4.57. The Kier molecular flexibility index (Phi) is 5.36. The number of aryl methyl sites for hydroxylation is 2. The number of phenolic OH excluding ortho intramolecular Hbond substituents is 1. The summed E-state index contributed by atoms with van der Waals surface area (Å²) in [7, 11) is 0. The van der Waals surface area contributed by atoms with E-state index in [9.17, 15) is 14.7 Å². The number of rotatable bonds is 4. The number of amides is 2. The van der Waals surface area contributed by atoms with Gasteiger partial charge in [0.05, 0.1) is 0 Å². The zero-order valence-corrected chi connectivity index (χ0v) is 13.2. The van der Waals surface area contributed by atoms with E-state index in [2.05, 4.69) is 10.6 Å². The van der Waals surface area contributed by atoms with Crippen molar-refractivity contribution in [2.45, 2.75) is 20.3 Å². The van der Waals surface area contributed by atoms with Gasteiger partial charge in [-0.2, -0.15) is 0 Å². The monoisotopic (exact) mass is 312 g/mol. The Balaban J connectivity index is 1.85. The predicted molar refractivity (Wildman–Crippen MR) is 89.4 cm³/mol. The fourth-order valence-electron chi connectivity index (χ4n) is 2.25. The maximum atomic E-state index is 11.9. The lowest BCUT2D eigenvalue weighted by Gasteiger charge is -2.11. The Bertz CT molecular complexity index is 688. The molecule has 0 atom stereocenters. The van der Waals surface area contributed by atoms with Gasteiger partial charge in [-0.25, -0.2) is 0 Å². The van der Waals surface area contributed by atoms with Crippen molar-refractivity contribution in [1.29, 1.82) is 0 Å². The molecule has 3 N–H and O–H groups in total. The van der Waals surface area contributed by atoms with Gasteiger partial charge < -0.3 is 15.7 Å². The fraction of sp³-hybridized carbons (Fsp3) is 0.222. The van der Waals surface area contributed by atoms with Crippen LogP contribution >= 0.6 is 0 Å². The number of hydrogen-bond donors (Lipinski definition) is 3. The van der Waals surface area contributed by atoms with E-state index >= 15 is 0 Å². The molecule has 23 heavy (non-hydrogen) atoms. The average molecular weight is 312 g/mol. The summed E-state index contributed by atoms with van der Waals surface area (Å²) in [6.45, 7) is 4.11. The second-order valence-corrected chi connectivity index (χ2v) is 5.39. The molecular formula is C18H20N2O3. The second kappa shape index (κ2) is 7.45. The number of carbonyl (C=O) groups is 2. The van der Waals surface area contributed by atoms with Crippen LogP contribution in [0, 0.1) is 13.8 Å². The van der Waals surface area contributed by atoms with Gasteiger partial charge in [-0.05, 0) is 49.1 Å². The van der Waals surface area contributed by atoms with Gasteiger partial charge in [0.1, 0.15) is 5.75 Å². The number of nitrogens with one attached hydrogen (secondary N) is 2. The number of hydrogen-bond acceptors (Lipinski definition) is 3. The van der Waals surface area contributed by atoms with Crippen LogP contribution in [-0.4, -0.2) is 23.5 Å². The summed E-state index contributed by atoms with van der Waals surface area (Å²) >= 11 is 0.